The molecule has 0 saturated heterocycles. The van der Waals surface area contributed by atoms with Crippen LogP contribution in [0.2, 0.25) is 0 Å². The number of benzene rings is 2. The molecule has 0 N–H and O–H groups in total. The predicted octanol–water partition coefficient (Wildman–Crippen LogP) is 11.8. The monoisotopic (exact) mass is 564 g/mol. The highest BCUT2D eigenvalue weighted by Gasteiger charge is 2.26. The van der Waals surface area contributed by atoms with Gasteiger partial charge >= 0.3 is 0 Å². The lowest BCUT2D eigenvalue weighted by Gasteiger charge is -2.25. The van der Waals surface area contributed by atoms with Crippen molar-refractivity contribution in [3.05, 3.63) is 35.4 Å². The molecule has 0 amide bonds. The quantitative estimate of drug-likeness (QED) is 0.167. The Morgan fingerprint density at radius 2 is 0.917 bits per heavy atom. The van der Waals surface area contributed by atoms with Crippen molar-refractivity contribution in [1.29, 1.82) is 0 Å². The Hall–Kier alpha value is -0.560. The van der Waals surface area contributed by atoms with Crippen LogP contribution in [0.25, 0.3) is 0 Å². The van der Waals surface area contributed by atoms with Gasteiger partial charge < -0.3 is 9.47 Å². The minimum atomic E-state index is 0.464. The van der Waals surface area contributed by atoms with Crippen molar-refractivity contribution in [1.82, 2.24) is 0 Å². The number of rotatable bonds is 14. The van der Waals surface area contributed by atoms with Gasteiger partial charge in [-0.25, -0.2) is 0 Å². The summed E-state index contributed by atoms with van der Waals surface area (Å²) >= 11 is 0. The number of hydrogen-bond donors (Lipinski definition) is 0. The maximum Gasteiger partial charge on any atom is 0.134 e. The minimum Gasteiger partial charge on any atom is -0.492 e. The molecule has 1 aliphatic heterocycles. The van der Waals surface area contributed by atoms with Gasteiger partial charge in [-0.3, -0.25) is 0 Å². The van der Waals surface area contributed by atoms with Crippen LogP contribution in [-0.2, 0) is 0 Å². The van der Waals surface area contributed by atoms with Gasteiger partial charge in [0.15, 0.2) is 0 Å². The molecule has 0 aromatic heterocycles. The van der Waals surface area contributed by atoms with E-state index in [1.807, 2.05) is 43.2 Å². The predicted molar refractivity (Wildman–Crippen MR) is 164 cm³/mol. The van der Waals surface area contributed by atoms with E-state index in [1.54, 1.807) is 0 Å². The maximum atomic E-state index is 6.38. The molecule has 36 heavy (non-hydrogen) atoms. The molecule has 0 atom stereocenters. The molecule has 0 fully saturated rings. The van der Waals surface area contributed by atoms with E-state index in [1.165, 1.54) is 69.2 Å². The van der Waals surface area contributed by atoms with Gasteiger partial charge in [0.2, 0.25) is 0 Å². The first kappa shape index (κ1) is 30.0. The van der Waals surface area contributed by atoms with E-state index in [4.69, 9.17) is 9.47 Å². The highest BCUT2D eigenvalue weighted by atomic mass is 33.1. The van der Waals surface area contributed by atoms with Crippen molar-refractivity contribution >= 4 is 43.2 Å². The Bertz CT molecular complexity index is 881. The molecule has 2 aromatic carbocycles. The molecule has 0 aliphatic carbocycles. The SMILES string of the molecule is CCCCCCOc1ccc(C(C)C)c2c1SSc1c(C(C)C)ccc(OCCCCCC)c1SS2. The fourth-order valence-corrected chi connectivity index (χ4v) is 10.7. The molecule has 0 bridgehead atoms. The second kappa shape index (κ2) is 15.8. The van der Waals surface area contributed by atoms with Gasteiger partial charge in [0.05, 0.1) is 23.0 Å². The van der Waals surface area contributed by atoms with Gasteiger partial charge in [-0.1, -0.05) is 114 Å². The summed E-state index contributed by atoms with van der Waals surface area (Å²) in [6, 6.07) is 8.96. The minimum absolute atomic E-state index is 0.464. The van der Waals surface area contributed by atoms with Crippen LogP contribution in [0.1, 0.15) is 116 Å². The Labute approximate surface area is 236 Å². The molecule has 2 nitrogen and oxygen atoms in total. The van der Waals surface area contributed by atoms with Crippen molar-refractivity contribution in [3.63, 3.8) is 0 Å². The zero-order chi connectivity index (χ0) is 25.9. The largest absolute Gasteiger partial charge is 0.492 e. The number of hydrogen-bond acceptors (Lipinski definition) is 6. The van der Waals surface area contributed by atoms with Crippen molar-refractivity contribution in [2.45, 2.75) is 124 Å². The lowest BCUT2D eigenvalue weighted by molar-refractivity contribution is 0.297. The smallest absolute Gasteiger partial charge is 0.134 e. The fraction of sp³-hybridized carbons (Fsp3) is 0.600. The molecule has 2 aromatic rings. The van der Waals surface area contributed by atoms with Gasteiger partial charge in [0, 0.05) is 9.79 Å². The zero-order valence-electron chi connectivity index (χ0n) is 23.0. The molecule has 0 spiro atoms. The van der Waals surface area contributed by atoms with Gasteiger partial charge in [0.25, 0.3) is 0 Å². The fourth-order valence-electron chi connectivity index (χ4n) is 4.17. The molecule has 3 rings (SSSR count). The lowest BCUT2D eigenvalue weighted by atomic mass is 10.0. The molecular weight excluding hydrogens is 521 g/mol. The second-order valence-corrected chi connectivity index (χ2v) is 14.4. The van der Waals surface area contributed by atoms with Crippen molar-refractivity contribution in [2.75, 3.05) is 13.2 Å². The van der Waals surface area contributed by atoms with E-state index in [2.05, 4.69) is 65.8 Å². The van der Waals surface area contributed by atoms with Crippen LogP contribution < -0.4 is 9.47 Å². The van der Waals surface area contributed by atoms with Gasteiger partial charge in [-0.2, -0.15) is 0 Å². The number of fused-ring (bicyclic) bond motifs is 2. The molecule has 1 heterocycles. The van der Waals surface area contributed by atoms with E-state index in [9.17, 15) is 0 Å². The molecule has 200 valence electrons. The van der Waals surface area contributed by atoms with E-state index in [-0.39, 0.29) is 0 Å². The Balaban J connectivity index is 1.89. The van der Waals surface area contributed by atoms with Crippen LogP contribution in [0.3, 0.4) is 0 Å². The van der Waals surface area contributed by atoms with Crippen LogP contribution in [-0.4, -0.2) is 13.2 Å². The van der Waals surface area contributed by atoms with E-state index < -0.39 is 0 Å². The average molecular weight is 565 g/mol. The average Bonchev–Trinajstić information content (AvgIpc) is 2.84. The Kier molecular flexibility index (Phi) is 13.1. The van der Waals surface area contributed by atoms with E-state index in [0.29, 0.717) is 11.8 Å². The van der Waals surface area contributed by atoms with Crippen LogP contribution >= 0.6 is 43.2 Å². The van der Waals surface area contributed by atoms with Gasteiger partial charge in [-0.05, 0) is 69.5 Å². The van der Waals surface area contributed by atoms with Gasteiger partial charge in [-0.15, -0.1) is 0 Å². The number of unbranched alkanes of at least 4 members (excludes halogenated alkanes) is 6. The molecule has 0 radical (unpaired) electrons. The highest BCUT2D eigenvalue weighted by molar-refractivity contribution is 8.79. The van der Waals surface area contributed by atoms with Crippen LogP contribution in [0, 0.1) is 0 Å². The summed E-state index contributed by atoms with van der Waals surface area (Å²) in [6.45, 7) is 15.3. The third-order valence-corrected chi connectivity index (χ3v) is 11.7. The number of ether oxygens (including phenoxy) is 2. The Morgan fingerprint density at radius 1 is 0.528 bits per heavy atom. The summed E-state index contributed by atoms with van der Waals surface area (Å²) in [5.74, 6) is 3.00. The summed E-state index contributed by atoms with van der Waals surface area (Å²) < 4.78 is 12.8. The van der Waals surface area contributed by atoms with Crippen molar-refractivity contribution in [2.24, 2.45) is 0 Å². The topological polar surface area (TPSA) is 18.5 Å². The third kappa shape index (κ3) is 8.22. The summed E-state index contributed by atoms with van der Waals surface area (Å²) in [6.07, 6.45) is 9.78. The van der Waals surface area contributed by atoms with E-state index >= 15 is 0 Å². The lowest BCUT2D eigenvalue weighted by Crippen LogP contribution is -2.03. The summed E-state index contributed by atoms with van der Waals surface area (Å²) in [5.41, 5.74) is 2.80. The highest BCUT2D eigenvalue weighted by Crippen LogP contribution is 2.60. The van der Waals surface area contributed by atoms with Gasteiger partial charge in [0.1, 0.15) is 11.5 Å². The Morgan fingerprint density at radius 3 is 1.28 bits per heavy atom. The maximum absolute atomic E-state index is 6.38. The zero-order valence-corrected chi connectivity index (χ0v) is 26.3. The first-order valence-electron chi connectivity index (χ1n) is 13.8. The van der Waals surface area contributed by atoms with Crippen LogP contribution in [0.15, 0.2) is 43.8 Å². The summed E-state index contributed by atoms with van der Waals surface area (Å²) in [4.78, 5) is 5.27. The molecular formula is C30H44O2S4. The first-order chi connectivity index (χ1) is 17.5. The standard InChI is InChI=1S/C30H44O2S4/c1-7-9-11-13-19-31-25-17-15-23(21(3)4)27-29(25)35-34-28-24(22(5)6)16-18-26(30(28)36-33-27)32-20-14-12-10-8-2/h15-18,21-22H,7-14,19-20H2,1-6H3. The molecule has 1 aliphatic rings. The summed E-state index contributed by atoms with van der Waals surface area (Å²) in [7, 11) is 7.51. The first-order valence-corrected chi connectivity index (χ1v) is 18.1. The third-order valence-electron chi connectivity index (χ3n) is 6.38. The molecule has 6 heteroatoms. The molecule has 0 saturated carbocycles. The van der Waals surface area contributed by atoms with Crippen molar-refractivity contribution < 1.29 is 9.47 Å². The van der Waals surface area contributed by atoms with Crippen molar-refractivity contribution in [3.8, 4) is 11.5 Å². The normalized spacial score (nSPS) is 13.3. The van der Waals surface area contributed by atoms with E-state index in [0.717, 1.165) is 37.6 Å². The molecule has 0 unspecified atom stereocenters. The second-order valence-electron chi connectivity index (χ2n) is 10.1. The summed E-state index contributed by atoms with van der Waals surface area (Å²) in [5, 5.41) is 0. The van der Waals surface area contributed by atoms with Crippen LogP contribution in [0.4, 0.5) is 0 Å². The van der Waals surface area contributed by atoms with Crippen LogP contribution in [0.5, 0.6) is 11.5 Å².